The SMILES string of the molecule is CCCCCCCCc1ccccc1-n1[nH]c(C)cc1=O. The number of rotatable bonds is 8. The third-order valence-electron chi connectivity index (χ3n) is 3.88. The van der Waals surface area contributed by atoms with Gasteiger partial charge in [-0.05, 0) is 31.4 Å². The molecule has 1 N–H and O–H groups in total. The molecule has 21 heavy (non-hydrogen) atoms. The largest absolute Gasteiger partial charge is 0.295 e. The molecule has 2 aromatic rings. The zero-order valence-corrected chi connectivity index (χ0v) is 13.2. The molecule has 0 aliphatic rings. The number of nitrogens with one attached hydrogen (secondary N) is 1. The maximum Gasteiger partial charge on any atom is 0.271 e. The normalized spacial score (nSPS) is 11.0. The minimum atomic E-state index is 0.0166. The first-order chi connectivity index (χ1) is 10.2. The van der Waals surface area contributed by atoms with Crippen molar-refractivity contribution in [2.45, 2.75) is 58.8 Å². The highest BCUT2D eigenvalue weighted by Gasteiger charge is 2.07. The Kier molecular flexibility index (Phi) is 5.85. The van der Waals surface area contributed by atoms with Gasteiger partial charge in [0.15, 0.2) is 0 Å². The second-order valence-corrected chi connectivity index (χ2v) is 5.76. The number of aromatic amines is 1. The molecule has 0 radical (unpaired) electrons. The van der Waals surface area contributed by atoms with Crippen molar-refractivity contribution in [2.24, 2.45) is 0 Å². The highest BCUT2D eigenvalue weighted by atomic mass is 16.1. The Morgan fingerprint density at radius 2 is 1.76 bits per heavy atom. The fourth-order valence-electron chi connectivity index (χ4n) is 2.73. The van der Waals surface area contributed by atoms with E-state index in [1.807, 2.05) is 19.1 Å². The van der Waals surface area contributed by atoms with Crippen LogP contribution in [-0.2, 0) is 6.42 Å². The predicted octanol–water partition coefficient (Wildman–Crippen LogP) is 4.38. The number of para-hydroxylation sites is 1. The number of aromatic nitrogens is 2. The van der Waals surface area contributed by atoms with Crippen LogP contribution in [0.3, 0.4) is 0 Å². The van der Waals surface area contributed by atoms with Gasteiger partial charge in [0, 0.05) is 11.8 Å². The Bertz CT molecular complexity index is 610. The van der Waals surface area contributed by atoms with Crippen molar-refractivity contribution in [2.75, 3.05) is 0 Å². The third-order valence-corrected chi connectivity index (χ3v) is 3.88. The molecule has 0 spiro atoms. The van der Waals surface area contributed by atoms with Gasteiger partial charge < -0.3 is 0 Å². The lowest BCUT2D eigenvalue weighted by molar-refractivity contribution is 0.606. The van der Waals surface area contributed by atoms with Gasteiger partial charge in [0.25, 0.3) is 5.56 Å². The van der Waals surface area contributed by atoms with Crippen LogP contribution in [0, 0.1) is 6.92 Å². The van der Waals surface area contributed by atoms with Gasteiger partial charge in [0.1, 0.15) is 0 Å². The van der Waals surface area contributed by atoms with Gasteiger partial charge in [0.05, 0.1) is 5.69 Å². The van der Waals surface area contributed by atoms with Crippen LogP contribution in [0.25, 0.3) is 5.69 Å². The quantitative estimate of drug-likeness (QED) is 0.719. The average Bonchev–Trinajstić information content (AvgIpc) is 2.82. The average molecular weight is 286 g/mol. The lowest BCUT2D eigenvalue weighted by atomic mass is 10.0. The molecule has 0 aliphatic carbocycles. The molecule has 0 saturated carbocycles. The second kappa shape index (κ2) is 7.87. The summed E-state index contributed by atoms with van der Waals surface area (Å²) in [5.74, 6) is 0. The van der Waals surface area contributed by atoms with E-state index in [0.717, 1.165) is 17.8 Å². The molecule has 2 rings (SSSR count). The van der Waals surface area contributed by atoms with Gasteiger partial charge in [-0.15, -0.1) is 0 Å². The Morgan fingerprint density at radius 3 is 2.48 bits per heavy atom. The van der Waals surface area contributed by atoms with Crippen LogP contribution in [0.15, 0.2) is 35.1 Å². The summed E-state index contributed by atoms with van der Waals surface area (Å²) >= 11 is 0. The van der Waals surface area contributed by atoms with Crippen LogP contribution in [-0.4, -0.2) is 9.78 Å². The molecule has 1 aromatic carbocycles. The van der Waals surface area contributed by atoms with Crippen molar-refractivity contribution in [3.8, 4) is 5.69 Å². The Balaban J connectivity index is 2.01. The van der Waals surface area contributed by atoms with Gasteiger partial charge in [-0.2, -0.15) is 0 Å². The molecule has 3 heteroatoms. The third kappa shape index (κ3) is 4.35. The summed E-state index contributed by atoms with van der Waals surface area (Å²) in [6.07, 6.45) is 8.78. The van der Waals surface area contributed by atoms with E-state index in [1.54, 1.807) is 10.7 Å². The molecule has 0 amide bonds. The number of benzene rings is 1. The molecule has 0 saturated heterocycles. The van der Waals surface area contributed by atoms with Gasteiger partial charge in [-0.25, -0.2) is 4.68 Å². The molecule has 0 bridgehead atoms. The van der Waals surface area contributed by atoms with E-state index in [9.17, 15) is 4.79 Å². The van der Waals surface area contributed by atoms with Crippen molar-refractivity contribution in [3.05, 3.63) is 51.9 Å². The molecular weight excluding hydrogens is 260 g/mol. The lowest BCUT2D eigenvalue weighted by Crippen LogP contribution is -2.15. The summed E-state index contributed by atoms with van der Waals surface area (Å²) in [4.78, 5) is 12.0. The van der Waals surface area contributed by atoms with Crippen LogP contribution in [0.5, 0.6) is 0 Å². The molecule has 0 fully saturated rings. The molecule has 0 unspecified atom stereocenters. The smallest absolute Gasteiger partial charge is 0.271 e. The van der Waals surface area contributed by atoms with E-state index in [0.29, 0.717) is 0 Å². The highest BCUT2D eigenvalue weighted by Crippen LogP contribution is 2.16. The molecule has 1 heterocycles. The van der Waals surface area contributed by atoms with E-state index in [2.05, 4.69) is 24.2 Å². The predicted molar refractivity (Wildman–Crippen MR) is 88.2 cm³/mol. The summed E-state index contributed by atoms with van der Waals surface area (Å²) in [5.41, 5.74) is 3.15. The van der Waals surface area contributed by atoms with Crippen molar-refractivity contribution < 1.29 is 0 Å². The standard InChI is InChI=1S/C18H26N2O/c1-3-4-5-6-7-8-11-16-12-9-10-13-17(16)20-18(21)14-15(2)19-20/h9-10,12-14,19H,3-8,11H2,1-2H3. The summed E-state index contributed by atoms with van der Waals surface area (Å²) in [7, 11) is 0. The maximum absolute atomic E-state index is 12.0. The Morgan fingerprint density at radius 1 is 1.05 bits per heavy atom. The van der Waals surface area contributed by atoms with E-state index in [1.165, 1.54) is 44.1 Å². The second-order valence-electron chi connectivity index (χ2n) is 5.76. The van der Waals surface area contributed by atoms with Gasteiger partial charge in [-0.3, -0.25) is 9.89 Å². The first-order valence-electron chi connectivity index (χ1n) is 8.09. The Labute approximate surface area is 127 Å². The number of hydrogen-bond acceptors (Lipinski definition) is 1. The Hall–Kier alpha value is -1.77. The van der Waals surface area contributed by atoms with Gasteiger partial charge >= 0.3 is 0 Å². The lowest BCUT2D eigenvalue weighted by Gasteiger charge is -2.09. The summed E-state index contributed by atoms with van der Waals surface area (Å²) in [6.45, 7) is 4.15. The van der Waals surface area contributed by atoms with E-state index >= 15 is 0 Å². The first-order valence-corrected chi connectivity index (χ1v) is 8.09. The minimum absolute atomic E-state index is 0.0166. The van der Waals surface area contributed by atoms with Crippen LogP contribution in [0.2, 0.25) is 0 Å². The van der Waals surface area contributed by atoms with E-state index in [-0.39, 0.29) is 5.56 Å². The molecule has 1 aromatic heterocycles. The molecular formula is C18H26N2O. The first kappa shape index (κ1) is 15.6. The number of aryl methyl sites for hydroxylation is 2. The van der Waals surface area contributed by atoms with Gasteiger partial charge in [0.2, 0.25) is 0 Å². The number of H-pyrrole nitrogens is 1. The number of unbranched alkanes of at least 4 members (excludes halogenated alkanes) is 5. The molecule has 0 aliphatic heterocycles. The maximum atomic E-state index is 12.0. The van der Waals surface area contributed by atoms with Crippen molar-refractivity contribution in [1.82, 2.24) is 9.78 Å². The zero-order valence-electron chi connectivity index (χ0n) is 13.2. The fourth-order valence-corrected chi connectivity index (χ4v) is 2.73. The van der Waals surface area contributed by atoms with Gasteiger partial charge in [-0.1, -0.05) is 57.2 Å². The number of hydrogen-bond donors (Lipinski definition) is 1. The molecule has 0 atom stereocenters. The molecule has 114 valence electrons. The van der Waals surface area contributed by atoms with E-state index in [4.69, 9.17) is 0 Å². The van der Waals surface area contributed by atoms with Crippen LogP contribution < -0.4 is 5.56 Å². The summed E-state index contributed by atoms with van der Waals surface area (Å²) < 4.78 is 1.65. The van der Waals surface area contributed by atoms with Crippen molar-refractivity contribution in [1.29, 1.82) is 0 Å². The topological polar surface area (TPSA) is 37.8 Å². The highest BCUT2D eigenvalue weighted by molar-refractivity contribution is 5.40. The number of nitrogens with zero attached hydrogens (tertiary/aromatic N) is 1. The minimum Gasteiger partial charge on any atom is -0.295 e. The van der Waals surface area contributed by atoms with E-state index < -0.39 is 0 Å². The van der Waals surface area contributed by atoms with Crippen LogP contribution >= 0.6 is 0 Å². The van der Waals surface area contributed by atoms with Crippen molar-refractivity contribution >= 4 is 0 Å². The zero-order chi connectivity index (χ0) is 15.1. The molecule has 3 nitrogen and oxygen atoms in total. The monoisotopic (exact) mass is 286 g/mol. The fraction of sp³-hybridized carbons (Fsp3) is 0.500. The summed E-state index contributed by atoms with van der Waals surface area (Å²) in [5, 5.41) is 3.12. The van der Waals surface area contributed by atoms with Crippen LogP contribution in [0.4, 0.5) is 0 Å². The van der Waals surface area contributed by atoms with Crippen molar-refractivity contribution in [3.63, 3.8) is 0 Å². The summed E-state index contributed by atoms with van der Waals surface area (Å²) in [6, 6.07) is 9.83. The van der Waals surface area contributed by atoms with Crippen LogP contribution in [0.1, 0.15) is 56.7 Å².